The second kappa shape index (κ2) is 12.0. The molecule has 53 heavy (non-hydrogen) atoms. The minimum absolute atomic E-state index is 0.0348. The summed E-state index contributed by atoms with van der Waals surface area (Å²) in [7, 11) is 3.62. The van der Waals surface area contributed by atoms with Gasteiger partial charge in [0.1, 0.15) is 11.2 Å². The summed E-state index contributed by atoms with van der Waals surface area (Å²) in [5.41, 5.74) is 12.4. The monoisotopic (exact) mass is 684 g/mol. The van der Waals surface area contributed by atoms with Gasteiger partial charge >= 0.3 is 5.69 Å². The third-order valence-corrected chi connectivity index (χ3v) is 10.4. The standard InChI is InChI=1S/C47H32N4O2/c1-50-40-24-22-33(27-41(40)51(2)47(50)52)29-18-20-31(21-19-29)38-28-39(49-46(48-38)32-11-4-3-5-12-32)35-14-8-13-34(26-35)37-16-9-17-42-45(37)44-36-15-7-6-10-30(36)23-25-43(44)53-42/h3-28H,1-2H3. The highest BCUT2D eigenvalue weighted by atomic mass is 16.3. The lowest BCUT2D eigenvalue weighted by molar-refractivity contribution is 0.669. The zero-order valence-electron chi connectivity index (χ0n) is 29.1. The van der Waals surface area contributed by atoms with E-state index in [0.29, 0.717) is 5.82 Å². The van der Waals surface area contributed by atoms with E-state index < -0.39 is 0 Å². The predicted octanol–water partition coefficient (Wildman–Crippen LogP) is 11.1. The second-order valence-electron chi connectivity index (χ2n) is 13.5. The molecule has 10 aromatic rings. The molecule has 252 valence electrons. The number of fused-ring (bicyclic) bond motifs is 6. The first-order valence-electron chi connectivity index (χ1n) is 17.6. The molecule has 6 nitrogen and oxygen atoms in total. The van der Waals surface area contributed by atoms with Gasteiger partial charge in [-0.2, -0.15) is 0 Å². The largest absolute Gasteiger partial charge is 0.456 e. The van der Waals surface area contributed by atoms with E-state index in [-0.39, 0.29) is 5.69 Å². The minimum Gasteiger partial charge on any atom is -0.456 e. The normalized spacial score (nSPS) is 11.7. The van der Waals surface area contributed by atoms with Crippen LogP contribution >= 0.6 is 0 Å². The second-order valence-corrected chi connectivity index (χ2v) is 13.5. The van der Waals surface area contributed by atoms with Crippen LogP contribution in [0.4, 0.5) is 0 Å². The predicted molar refractivity (Wildman–Crippen MR) is 216 cm³/mol. The topological polar surface area (TPSA) is 65.8 Å². The molecule has 3 aromatic heterocycles. The van der Waals surface area contributed by atoms with Crippen LogP contribution in [0.3, 0.4) is 0 Å². The summed E-state index contributed by atoms with van der Waals surface area (Å²) in [5, 5.41) is 4.60. The van der Waals surface area contributed by atoms with Crippen molar-refractivity contribution in [3.8, 4) is 56.2 Å². The Morgan fingerprint density at radius 2 is 1.13 bits per heavy atom. The van der Waals surface area contributed by atoms with Crippen molar-refractivity contribution in [2.75, 3.05) is 0 Å². The van der Waals surface area contributed by atoms with Crippen LogP contribution in [0.5, 0.6) is 0 Å². The highest BCUT2D eigenvalue weighted by Crippen LogP contribution is 2.41. The van der Waals surface area contributed by atoms with Crippen molar-refractivity contribution in [3.05, 3.63) is 168 Å². The van der Waals surface area contributed by atoms with E-state index in [1.807, 2.05) is 49.5 Å². The molecule has 10 rings (SSSR count). The Morgan fingerprint density at radius 1 is 0.472 bits per heavy atom. The Hall–Kier alpha value is -7.05. The Labute approximate surface area is 304 Å². The lowest BCUT2D eigenvalue weighted by Crippen LogP contribution is -2.19. The molecule has 0 saturated carbocycles. The zero-order valence-corrected chi connectivity index (χ0v) is 29.1. The molecule has 0 amide bonds. The van der Waals surface area contributed by atoms with Gasteiger partial charge in [-0.1, -0.05) is 121 Å². The van der Waals surface area contributed by atoms with Crippen LogP contribution in [0.2, 0.25) is 0 Å². The summed E-state index contributed by atoms with van der Waals surface area (Å²) in [6.07, 6.45) is 0. The van der Waals surface area contributed by atoms with Crippen LogP contribution in [-0.4, -0.2) is 19.1 Å². The Morgan fingerprint density at radius 3 is 1.98 bits per heavy atom. The number of imidazole rings is 1. The maximum Gasteiger partial charge on any atom is 0.328 e. The summed E-state index contributed by atoms with van der Waals surface area (Å²) in [6.45, 7) is 0. The van der Waals surface area contributed by atoms with Crippen molar-refractivity contribution in [3.63, 3.8) is 0 Å². The Kier molecular flexibility index (Phi) is 6.98. The Balaban J connectivity index is 1.09. The van der Waals surface area contributed by atoms with Crippen molar-refractivity contribution in [1.82, 2.24) is 19.1 Å². The van der Waals surface area contributed by atoms with Crippen LogP contribution in [-0.2, 0) is 14.1 Å². The van der Waals surface area contributed by atoms with Gasteiger partial charge in [0.05, 0.1) is 22.4 Å². The molecule has 0 saturated heterocycles. The summed E-state index contributed by atoms with van der Waals surface area (Å²) in [4.78, 5) is 22.7. The van der Waals surface area contributed by atoms with E-state index in [0.717, 1.165) is 83.3 Å². The minimum atomic E-state index is -0.0348. The molecule has 0 atom stereocenters. The van der Waals surface area contributed by atoms with E-state index in [9.17, 15) is 4.79 Å². The van der Waals surface area contributed by atoms with Crippen LogP contribution in [0.1, 0.15) is 0 Å². The highest BCUT2D eigenvalue weighted by molar-refractivity contribution is 6.22. The van der Waals surface area contributed by atoms with Gasteiger partial charge in [-0.25, -0.2) is 14.8 Å². The molecule has 0 aliphatic rings. The van der Waals surface area contributed by atoms with Gasteiger partial charge in [0.25, 0.3) is 0 Å². The fourth-order valence-electron chi connectivity index (χ4n) is 7.65. The number of hydrogen-bond donors (Lipinski definition) is 0. The van der Waals surface area contributed by atoms with Gasteiger partial charge in [-0.15, -0.1) is 0 Å². The van der Waals surface area contributed by atoms with Crippen molar-refractivity contribution in [2.45, 2.75) is 0 Å². The molecule has 0 N–H and O–H groups in total. The van der Waals surface area contributed by atoms with Crippen LogP contribution < -0.4 is 5.69 Å². The molecule has 6 heteroatoms. The number of nitrogens with zero attached hydrogens (tertiary/aromatic N) is 4. The molecular weight excluding hydrogens is 653 g/mol. The smallest absolute Gasteiger partial charge is 0.328 e. The third kappa shape index (κ3) is 5.06. The van der Waals surface area contributed by atoms with Crippen molar-refractivity contribution in [2.24, 2.45) is 14.1 Å². The van der Waals surface area contributed by atoms with E-state index in [4.69, 9.17) is 14.4 Å². The van der Waals surface area contributed by atoms with Gasteiger partial charge in [0.2, 0.25) is 0 Å². The fourth-order valence-corrected chi connectivity index (χ4v) is 7.65. The van der Waals surface area contributed by atoms with Gasteiger partial charge in [0.15, 0.2) is 5.82 Å². The number of furan rings is 1. The molecule has 0 fully saturated rings. The summed E-state index contributed by atoms with van der Waals surface area (Å²) in [5.74, 6) is 0.664. The molecular formula is C47H32N4O2. The molecule has 0 bridgehead atoms. The first kappa shape index (κ1) is 30.7. The first-order valence-corrected chi connectivity index (χ1v) is 17.6. The number of rotatable bonds is 5. The highest BCUT2D eigenvalue weighted by Gasteiger charge is 2.17. The van der Waals surface area contributed by atoms with Gasteiger partial charge < -0.3 is 4.42 Å². The number of benzene rings is 7. The van der Waals surface area contributed by atoms with Crippen molar-refractivity contribution < 1.29 is 4.42 Å². The lowest BCUT2D eigenvalue weighted by atomic mass is 9.95. The fraction of sp³-hybridized carbons (Fsp3) is 0.0426. The molecule has 0 aliphatic carbocycles. The van der Waals surface area contributed by atoms with Crippen LogP contribution in [0.15, 0.2) is 167 Å². The van der Waals surface area contributed by atoms with Gasteiger partial charge in [0, 0.05) is 41.6 Å². The summed E-state index contributed by atoms with van der Waals surface area (Å²) < 4.78 is 9.77. The number of aromatic nitrogens is 4. The molecule has 0 unspecified atom stereocenters. The van der Waals surface area contributed by atoms with E-state index in [1.54, 1.807) is 16.2 Å². The molecule has 7 aromatic carbocycles. The average Bonchev–Trinajstić information content (AvgIpc) is 3.72. The first-order chi connectivity index (χ1) is 26.0. The zero-order chi connectivity index (χ0) is 35.6. The van der Waals surface area contributed by atoms with Crippen LogP contribution in [0.25, 0.3) is 99.9 Å². The van der Waals surface area contributed by atoms with Crippen molar-refractivity contribution in [1.29, 1.82) is 0 Å². The van der Waals surface area contributed by atoms with E-state index in [1.165, 1.54) is 10.8 Å². The maximum atomic E-state index is 12.5. The summed E-state index contributed by atoms with van der Waals surface area (Å²) in [6, 6.07) is 54.3. The van der Waals surface area contributed by atoms with Gasteiger partial charge in [-0.3, -0.25) is 9.13 Å². The number of hydrogen-bond acceptors (Lipinski definition) is 4. The molecule has 0 spiro atoms. The molecule has 0 radical (unpaired) electrons. The quantitative estimate of drug-likeness (QED) is 0.181. The third-order valence-electron chi connectivity index (χ3n) is 10.4. The lowest BCUT2D eigenvalue weighted by Gasteiger charge is -2.12. The molecule has 0 aliphatic heterocycles. The van der Waals surface area contributed by atoms with E-state index >= 15 is 0 Å². The average molecular weight is 685 g/mol. The Bertz CT molecular complexity index is 3100. The summed E-state index contributed by atoms with van der Waals surface area (Å²) >= 11 is 0. The van der Waals surface area contributed by atoms with Crippen LogP contribution in [0, 0.1) is 0 Å². The number of aryl methyl sites for hydroxylation is 2. The molecule has 3 heterocycles. The SMILES string of the molecule is Cn1c(=O)n(C)c2cc(-c3ccc(-c4cc(-c5cccc(-c6cccc7oc8ccc9ccccc9c8c67)c5)nc(-c5ccccc5)n4)cc3)ccc21. The van der Waals surface area contributed by atoms with Crippen molar-refractivity contribution >= 4 is 43.7 Å². The van der Waals surface area contributed by atoms with E-state index in [2.05, 4.69) is 115 Å². The van der Waals surface area contributed by atoms with Gasteiger partial charge in [-0.05, 0) is 69.4 Å². The maximum absolute atomic E-state index is 12.5.